The molecule has 0 aliphatic carbocycles. The maximum atomic E-state index is 12.8. The molecule has 0 N–H and O–H groups in total. The molecule has 0 saturated carbocycles. The van der Waals surface area contributed by atoms with Crippen molar-refractivity contribution in [3.05, 3.63) is 76.3 Å². The van der Waals surface area contributed by atoms with Crippen LogP contribution in [0.15, 0.2) is 66.1 Å². The Labute approximate surface area is 138 Å². The number of hydrogen-bond acceptors (Lipinski definition) is 4. The van der Waals surface area contributed by atoms with Crippen LogP contribution in [0.3, 0.4) is 0 Å². The highest BCUT2D eigenvalue weighted by Gasteiger charge is 2.26. The molecule has 2 aromatic rings. The predicted molar refractivity (Wildman–Crippen MR) is 89.3 cm³/mol. The minimum atomic E-state index is -3.93. The summed E-state index contributed by atoms with van der Waals surface area (Å²) >= 11 is 6.09. The predicted octanol–water partition coefficient (Wildman–Crippen LogP) is 3.63. The summed E-state index contributed by atoms with van der Waals surface area (Å²) in [7, 11) is -3.93. The molecular weight excluding hydrogens is 340 g/mol. The molecule has 0 saturated heterocycles. The monoisotopic (exact) mass is 352 g/mol. The number of sulfonamides is 1. The summed E-state index contributed by atoms with van der Waals surface area (Å²) < 4.78 is 26.7. The van der Waals surface area contributed by atoms with Crippen LogP contribution in [0.4, 0.5) is 11.4 Å². The Morgan fingerprint density at radius 2 is 1.78 bits per heavy atom. The van der Waals surface area contributed by atoms with E-state index in [0.29, 0.717) is 5.69 Å². The van der Waals surface area contributed by atoms with Gasteiger partial charge in [-0.15, -0.1) is 6.58 Å². The molecule has 0 heterocycles. The zero-order valence-electron chi connectivity index (χ0n) is 11.9. The highest BCUT2D eigenvalue weighted by molar-refractivity contribution is 7.92. The van der Waals surface area contributed by atoms with Gasteiger partial charge in [0.25, 0.3) is 15.7 Å². The second kappa shape index (κ2) is 6.80. The van der Waals surface area contributed by atoms with E-state index in [4.69, 9.17) is 11.6 Å². The van der Waals surface area contributed by atoms with Crippen LogP contribution in [-0.4, -0.2) is 19.9 Å². The smallest absolute Gasteiger partial charge is 0.261 e. The Kier molecular flexibility index (Phi) is 5.02. The largest absolute Gasteiger partial charge is 0.269 e. The zero-order chi connectivity index (χ0) is 17.0. The SMILES string of the molecule is C=CCN(c1ccccc1Cl)S(=O)(=O)c1ccc([N+](=O)[O-])cc1. The normalized spacial score (nSPS) is 11.0. The maximum absolute atomic E-state index is 12.8. The Hall–Kier alpha value is -2.38. The van der Waals surface area contributed by atoms with E-state index in [1.807, 2.05) is 0 Å². The first-order valence-corrected chi connectivity index (χ1v) is 8.32. The van der Waals surface area contributed by atoms with Gasteiger partial charge >= 0.3 is 0 Å². The molecule has 0 aliphatic heterocycles. The molecule has 23 heavy (non-hydrogen) atoms. The summed E-state index contributed by atoms with van der Waals surface area (Å²) in [5.74, 6) is 0. The van der Waals surface area contributed by atoms with E-state index in [0.717, 1.165) is 16.4 Å². The van der Waals surface area contributed by atoms with Gasteiger partial charge in [-0.3, -0.25) is 14.4 Å². The third-order valence-electron chi connectivity index (χ3n) is 3.05. The van der Waals surface area contributed by atoms with Crippen LogP contribution < -0.4 is 4.31 Å². The number of hydrogen-bond donors (Lipinski definition) is 0. The van der Waals surface area contributed by atoms with Gasteiger partial charge in [0.1, 0.15) is 0 Å². The first kappa shape index (κ1) is 17.0. The molecule has 0 bridgehead atoms. The molecule has 0 radical (unpaired) electrons. The lowest BCUT2D eigenvalue weighted by molar-refractivity contribution is -0.384. The van der Waals surface area contributed by atoms with Crippen LogP contribution in [0.1, 0.15) is 0 Å². The van der Waals surface area contributed by atoms with Crippen LogP contribution in [0.25, 0.3) is 0 Å². The molecule has 0 atom stereocenters. The van der Waals surface area contributed by atoms with Gasteiger partial charge in [-0.1, -0.05) is 29.8 Å². The van der Waals surface area contributed by atoms with Crippen LogP contribution in [0, 0.1) is 10.1 Å². The fourth-order valence-corrected chi connectivity index (χ4v) is 3.71. The number of non-ortho nitro benzene ring substituents is 1. The number of nitro benzene ring substituents is 1. The van der Waals surface area contributed by atoms with Gasteiger partial charge in [0.2, 0.25) is 0 Å². The number of rotatable bonds is 6. The van der Waals surface area contributed by atoms with E-state index in [1.165, 1.54) is 18.2 Å². The lowest BCUT2D eigenvalue weighted by atomic mass is 10.3. The van der Waals surface area contributed by atoms with E-state index < -0.39 is 14.9 Å². The summed E-state index contributed by atoms with van der Waals surface area (Å²) in [4.78, 5) is 10.0. The molecule has 0 aromatic heterocycles. The van der Waals surface area contributed by atoms with E-state index in [-0.39, 0.29) is 22.2 Å². The van der Waals surface area contributed by atoms with Crippen LogP contribution in [0.2, 0.25) is 5.02 Å². The standard InChI is InChI=1S/C15H13ClN2O4S/c1-2-11-17(15-6-4-3-5-14(15)16)23(21,22)13-9-7-12(8-10-13)18(19)20/h2-10H,1,11H2. The third kappa shape index (κ3) is 3.52. The van der Waals surface area contributed by atoms with Gasteiger partial charge in [0, 0.05) is 12.1 Å². The second-order valence-corrected chi connectivity index (χ2v) is 6.80. The van der Waals surface area contributed by atoms with Gasteiger partial charge in [0.15, 0.2) is 0 Å². The van der Waals surface area contributed by atoms with Crippen molar-refractivity contribution < 1.29 is 13.3 Å². The summed E-state index contributed by atoms with van der Waals surface area (Å²) in [6.45, 7) is 3.58. The number of halogens is 1. The Morgan fingerprint density at radius 3 is 2.30 bits per heavy atom. The summed E-state index contributed by atoms with van der Waals surface area (Å²) in [5, 5.41) is 11.0. The van der Waals surface area contributed by atoms with Crippen LogP contribution in [0.5, 0.6) is 0 Å². The lowest BCUT2D eigenvalue weighted by Gasteiger charge is -2.24. The first-order chi connectivity index (χ1) is 10.9. The van der Waals surface area contributed by atoms with Crippen molar-refractivity contribution in [1.29, 1.82) is 0 Å². The minimum Gasteiger partial charge on any atom is -0.261 e. The quantitative estimate of drug-likeness (QED) is 0.451. The summed E-state index contributed by atoms with van der Waals surface area (Å²) in [5.41, 5.74) is 0.129. The third-order valence-corrected chi connectivity index (χ3v) is 5.17. The Bertz CT molecular complexity index is 835. The van der Waals surface area contributed by atoms with Crippen molar-refractivity contribution in [2.45, 2.75) is 4.90 Å². The Balaban J connectivity index is 2.51. The average Bonchev–Trinajstić information content (AvgIpc) is 2.53. The van der Waals surface area contributed by atoms with E-state index in [1.54, 1.807) is 24.3 Å². The number of nitrogens with zero attached hydrogens (tertiary/aromatic N) is 2. The summed E-state index contributed by atoms with van der Waals surface area (Å²) in [6.07, 6.45) is 1.44. The van der Waals surface area contributed by atoms with E-state index in [9.17, 15) is 18.5 Å². The fourth-order valence-electron chi connectivity index (χ4n) is 1.96. The molecular formula is C15H13ClN2O4S. The molecule has 6 nitrogen and oxygen atoms in total. The number of benzene rings is 2. The molecule has 0 amide bonds. The molecule has 0 unspecified atom stereocenters. The minimum absolute atomic E-state index is 0.0169. The van der Waals surface area contributed by atoms with E-state index in [2.05, 4.69) is 6.58 Å². The van der Waals surface area contributed by atoms with Crippen molar-refractivity contribution in [1.82, 2.24) is 0 Å². The highest BCUT2D eigenvalue weighted by Crippen LogP contribution is 2.30. The molecule has 2 aromatic carbocycles. The molecule has 0 fully saturated rings. The van der Waals surface area contributed by atoms with Gasteiger partial charge in [-0.2, -0.15) is 0 Å². The van der Waals surface area contributed by atoms with Crippen molar-refractivity contribution in [2.75, 3.05) is 10.8 Å². The molecule has 2 rings (SSSR count). The van der Waals surface area contributed by atoms with E-state index >= 15 is 0 Å². The van der Waals surface area contributed by atoms with Crippen molar-refractivity contribution >= 4 is 33.0 Å². The van der Waals surface area contributed by atoms with Crippen LogP contribution in [-0.2, 0) is 10.0 Å². The molecule has 120 valence electrons. The van der Waals surface area contributed by atoms with Gasteiger partial charge in [0.05, 0.1) is 27.1 Å². The molecule has 0 spiro atoms. The van der Waals surface area contributed by atoms with Gasteiger partial charge in [-0.25, -0.2) is 8.42 Å². The number of para-hydroxylation sites is 1. The lowest BCUT2D eigenvalue weighted by Crippen LogP contribution is -2.31. The average molecular weight is 353 g/mol. The van der Waals surface area contributed by atoms with Crippen molar-refractivity contribution in [3.63, 3.8) is 0 Å². The zero-order valence-corrected chi connectivity index (χ0v) is 13.5. The molecule has 0 aliphatic rings. The number of nitro groups is 1. The van der Waals surface area contributed by atoms with Crippen LogP contribution >= 0.6 is 11.6 Å². The fraction of sp³-hybridized carbons (Fsp3) is 0.0667. The summed E-state index contributed by atoms with van der Waals surface area (Å²) in [6, 6.07) is 11.2. The Morgan fingerprint density at radius 1 is 1.17 bits per heavy atom. The maximum Gasteiger partial charge on any atom is 0.269 e. The number of anilines is 1. The molecule has 8 heteroatoms. The second-order valence-electron chi connectivity index (χ2n) is 4.53. The first-order valence-electron chi connectivity index (χ1n) is 6.50. The van der Waals surface area contributed by atoms with Gasteiger partial charge in [-0.05, 0) is 24.3 Å². The highest BCUT2D eigenvalue weighted by atomic mass is 35.5. The van der Waals surface area contributed by atoms with Crippen molar-refractivity contribution in [3.8, 4) is 0 Å². The van der Waals surface area contributed by atoms with Crippen molar-refractivity contribution in [2.24, 2.45) is 0 Å². The topological polar surface area (TPSA) is 80.5 Å². The van der Waals surface area contributed by atoms with Gasteiger partial charge < -0.3 is 0 Å².